The summed E-state index contributed by atoms with van der Waals surface area (Å²) in [5.74, 6) is 0.817. The molecule has 0 unspecified atom stereocenters. The van der Waals surface area contributed by atoms with Gasteiger partial charge in [0.05, 0.1) is 5.56 Å². The van der Waals surface area contributed by atoms with E-state index >= 15 is 0 Å². The number of aryl methyl sites for hydroxylation is 2. The molecule has 0 saturated carbocycles. The van der Waals surface area contributed by atoms with E-state index in [9.17, 15) is 4.79 Å². The van der Waals surface area contributed by atoms with E-state index in [0.29, 0.717) is 22.1 Å². The maximum Gasteiger partial charge on any atom is 0.278 e. The number of hydrogen-bond acceptors (Lipinski definition) is 4. The zero-order valence-corrected chi connectivity index (χ0v) is 15.6. The lowest BCUT2D eigenvalue weighted by Gasteiger charge is -2.10. The standard InChI is InChI=1S/C20H19ClN2O3/c1-12-6-4-9-18(13(12)2)22-20(24)19-17(14(3)26-23-19)11-25-16-8-5-7-15(21)10-16/h4-10H,11H2,1-3H3,(H,22,24). The van der Waals surface area contributed by atoms with Crippen molar-refractivity contribution in [2.24, 2.45) is 0 Å². The average Bonchev–Trinajstić information content (AvgIpc) is 2.98. The Hall–Kier alpha value is -2.79. The van der Waals surface area contributed by atoms with Gasteiger partial charge < -0.3 is 14.6 Å². The van der Waals surface area contributed by atoms with E-state index in [-0.39, 0.29) is 18.2 Å². The van der Waals surface area contributed by atoms with Crippen LogP contribution in [-0.2, 0) is 6.61 Å². The Morgan fingerprint density at radius 3 is 2.73 bits per heavy atom. The first-order chi connectivity index (χ1) is 12.5. The molecule has 0 saturated heterocycles. The molecule has 134 valence electrons. The predicted octanol–water partition coefficient (Wildman–Crippen LogP) is 5.08. The van der Waals surface area contributed by atoms with Crippen LogP contribution in [0.5, 0.6) is 5.75 Å². The molecule has 0 aliphatic rings. The summed E-state index contributed by atoms with van der Waals surface area (Å²) < 4.78 is 10.9. The van der Waals surface area contributed by atoms with Gasteiger partial charge in [0, 0.05) is 10.7 Å². The van der Waals surface area contributed by atoms with Crippen LogP contribution < -0.4 is 10.1 Å². The normalized spacial score (nSPS) is 10.6. The lowest BCUT2D eigenvalue weighted by atomic mass is 10.1. The van der Waals surface area contributed by atoms with Gasteiger partial charge in [0.2, 0.25) is 0 Å². The first-order valence-corrected chi connectivity index (χ1v) is 8.54. The number of anilines is 1. The minimum absolute atomic E-state index is 0.158. The van der Waals surface area contributed by atoms with E-state index in [1.165, 1.54) is 0 Å². The molecular formula is C20H19ClN2O3. The molecule has 1 heterocycles. The van der Waals surface area contributed by atoms with Gasteiger partial charge in [-0.15, -0.1) is 0 Å². The fourth-order valence-electron chi connectivity index (χ4n) is 2.52. The summed E-state index contributed by atoms with van der Waals surface area (Å²) in [5.41, 5.74) is 3.68. The van der Waals surface area contributed by atoms with Crippen molar-refractivity contribution in [1.82, 2.24) is 5.16 Å². The van der Waals surface area contributed by atoms with E-state index in [2.05, 4.69) is 10.5 Å². The highest BCUT2D eigenvalue weighted by atomic mass is 35.5. The smallest absolute Gasteiger partial charge is 0.278 e. The summed E-state index contributed by atoms with van der Waals surface area (Å²) in [6.07, 6.45) is 0. The van der Waals surface area contributed by atoms with E-state index in [1.807, 2.05) is 32.0 Å². The number of rotatable bonds is 5. The quantitative estimate of drug-likeness (QED) is 0.679. The number of nitrogens with zero attached hydrogens (tertiary/aromatic N) is 1. The Morgan fingerprint density at radius 2 is 1.96 bits per heavy atom. The molecule has 6 heteroatoms. The molecule has 2 aromatic carbocycles. The maximum atomic E-state index is 12.7. The average molecular weight is 371 g/mol. The lowest BCUT2D eigenvalue weighted by molar-refractivity contribution is 0.101. The highest BCUT2D eigenvalue weighted by Gasteiger charge is 2.21. The third-order valence-corrected chi connectivity index (χ3v) is 4.47. The van der Waals surface area contributed by atoms with Crippen LogP contribution in [0.15, 0.2) is 47.0 Å². The number of carbonyl (C=O) groups excluding carboxylic acids is 1. The summed E-state index contributed by atoms with van der Waals surface area (Å²) in [6, 6.07) is 12.8. The molecule has 3 aromatic rings. The van der Waals surface area contributed by atoms with Crippen LogP contribution in [0.1, 0.15) is 32.9 Å². The minimum atomic E-state index is -0.333. The van der Waals surface area contributed by atoms with Gasteiger partial charge >= 0.3 is 0 Å². The van der Waals surface area contributed by atoms with Crippen LogP contribution in [0.2, 0.25) is 5.02 Å². The number of aromatic nitrogens is 1. The van der Waals surface area contributed by atoms with E-state index < -0.39 is 0 Å². The molecule has 3 rings (SSSR count). The van der Waals surface area contributed by atoms with Crippen LogP contribution in [0, 0.1) is 20.8 Å². The zero-order chi connectivity index (χ0) is 18.7. The first-order valence-electron chi connectivity index (χ1n) is 8.17. The molecule has 26 heavy (non-hydrogen) atoms. The molecule has 0 bridgehead atoms. The van der Waals surface area contributed by atoms with Gasteiger partial charge in [-0.05, 0) is 56.2 Å². The number of hydrogen-bond donors (Lipinski definition) is 1. The summed E-state index contributed by atoms with van der Waals surface area (Å²) in [7, 11) is 0. The fourth-order valence-corrected chi connectivity index (χ4v) is 2.70. The third-order valence-electron chi connectivity index (χ3n) is 4.23. The minimum Gasteiger partial charge on any atom is -0.489 e. The molecule has 0 spiro atoms. The monoisotopic (exact) mass is 370 g/mol. The SMILES string of the molecule is Cc1cccc(NC(=O)c2noc(C)c2COc2cccc(Cl)c2)c1C. The van der Waals surface area contributed by atoms with Crippen molar-refractivity contribution < 1.29 is 14.1 Å². The van der Waals surface area contributed by atoms with Crippen molar-refractivity contribution in [3.05, 3.63) is 75.6 Å². The maximum absolute atomic E-state index is 12.7. The number of halogens is 1. The Kier molecular flexibility index (Phi) is 5.28. The van der Waals surface area contributed by atoms with Crippen molar-refractivity contribution in [3.63, 3.8) is 0 Å². The number of carbonyl (C=O) groups is 1. The molecule has 1 N–H and O–H groups in total. The Morgan fingerprint density at radius 1 is 1.19 bits per heavy atom. The summed E-state index contributed by atoms with van der Waals surface area (Å²) in [4.78, 5) is 12.7. The molecule has 5 nitrogen and oxygen atoms in total. The first kappa shape index (κ1) is 18.0. The van der Waals surface area contributed by atoms with Crippen molar-refractivity contribution in [1.29, 1.82) is 0 Å². The summed E-state index contributed by atoms with van der Waals surface area (Å²) in [6.45, 7) is 5.86. The molecule has 0 fully saturated rings. The number of ether oxygens (including phenoxy) is 1. The van der Waals surface area contributed by atoms with Gasteiger partial charge in [-0.2, -0.15) is 0 Å². The van der Waals surface area contributed by atoms with Gasteiger partial charge in [-0.1, -0.05) is 35.0 Å². The van der Waals surface area contributed by atoms with Crippen LogP contribution >= 0.6 is 11.6 Å². The summed E-state index contributed by atoms with van der Waals surface area (Å²) in [5, 5.41) is 7.37. The Balaban J connectivity index is 1.78. The van der Waals surface area contributed by atoms with Gasteiger partial charge in [-0.3, -0.25) is 4.79 Å². The van der Waals surface area contributed by atoms with Gasteiger partial charge in [0.25, 0.3) is 5.91 Å². The molecule has 0 aliphatic carbocycles. The van der Waals surface area contributed by atoms with Gasteiger partial charge in [-0.25, -0.2) is 0 Å². The third kappa shape index (κ3) is 3.89. The van der Waals surface area contributed by atoms with Crippen LogP contribution in [-0.4, -0.2) is 11.1 Å². The molecule has 0 aliphatic heterocycles. The molecule has 1 amide bonds. The fraction of sp³-hybridized carbons (Fsp3) is 0.200. The van der Waals surface area contributed by atoms with Crippen LogP contribution in [0.3, 0.4) is 0 Å². The Bertz CT molecular complexity index is 950. The number of amides is 1. The van der Waals surface area contributed by atoms with Gasteiger partial charge in [0.15, 0.2) is 5.69 Å². The lowest BCUT2D eigenvalue weighted by Crippen LogP contribution is -2.16. The van der Waals surface area contributed by atoms with Gasteiger partial charge in [0.1, 0.15) is 18.1 Å². The van der Waals surface area contributed by atoms with Crippen molar-refractivity contribution in [2.45, 2.75) is 27.4 Å². The number of nitrogens with one attached hydrogen (secondary N) is 1. The summed E-state index contributed by atoms with van der Waals surface area (Å²) >= 11 is 5.96. The highest BCUT2D eigenvalue weighted by Crippen LogP contribution is 2.23. The molecule has 1 aromatic heterocycles. The number of benzene rings is 2. The second-order valence-corrected chi connectivity index (χ2v) is 6.45. The van der Waals surface area contributed by atoms with Crippen molar-refractivity contribution >= 4 is 23.2 Å². The highest BCUT2D eigenvalue weighted by molar-refractivity contribution is 6.30. The van der Waals surface area contributed by atoms with Crippen molar-refractivity contribution in [3.8, 4) is 5.75 Å². The van der Waals surface area contributed by atoms with E-state index in [0.717, 1.165) is 16.8 Å². The van der Waals surface area contributed by atoms with Crippen molar-refractivity contribution in [2.75, 3.05) is 5.32 Å². The Labute approximate surface area is 156 Å². The largest absolute Gasteiger partial charge is 0.489 e. The van der Waals surface area contributed by atoms with Crippen LogP contribution in [0.25, 0.3) is 0 Å². The van der Waals surface area contributed by atoms with Crippen LogP contribution in [0.4, 0.5) is 5.69 Å². The molecule has 0 atom stereocenters. The topological polar surface area (TPSA) is 64.4 Å². The zero-order valence-electron chi connectivity index (χ0n) is 14.8. The molecular weight excluding hydrogens is 352 g/mol. The van der Waals surface area contributed by atoms with E-state index in [4.69, 9.17) is 20.9 Å². The van der Waals surface area contributed by atoms with E-state index in [1.54, 1.807) is 31.2 Å². The second-order valence-electron chi connectivity index (χ2n) is 6.01. The predicted molar refractivity (Wildman–Crippen MR) is 101 cm³/mol. The molecule has 0 radical (unpaired) electrons. The second kappa shape index (κ2) is 7.62.